The van der Waals surface area contributed by atoms with E-state index >= 15 is 0 Å². The zero-order valence-electron chi connectivity index (χ0n) is 22.7. The molecule has 0 aliphatic heterocycles. The van der Waals surface area contributed by atoms with Crippen molar-refractivity contribution < 1.29 is 53.6 Å². The monoisotopic (exact) mass is 517 g/mol. The van der Waals surface area contributed by atoms with Crippen molar-refractivity contribution in [2.75, 3.05) is 20.2 Å². The number of nitrogens with two attached hydrogens (primary N) is 1. The van der Waals surface area contributed by atoms with Crippen molar-refractivity contribution in [1.82, 2.24) is 4.90 Å². The van der Waals surface area contributed by atoms with Crippen LogP contribution in [0.3, 0.4) is 0 Å². The molecule has 0 aliphatic carbocycles. The number of nitrogens with zero attached hydrogens (tertiary/aromatic N) is 1. The largest absolute Gasteiger partial charge is 1.00 e. The number of hydrogen-bond donors (Lipinski definition) is 2. The summed E-state index contributed by atoms with van der Waals surface area (Å²) >= 11 is 0. The first-order chi connectivity index (χ1) is 15.3. The quantitative estimate of drug-likeness (QED) is 0.0743. The van der Waals surface area contributed by atoms with Gasteiger partial charge in [0.05, 0.1) is 6.61 Å². The van der Waals surface area contributed by atoms with Gasteiger partial charge in [-0.2, -0.15) is 0 Å². The molecule has 0 aliphatic rings. The molecule has 0 heterocycles. The molecule has 0 aromatic carbocycles. The van der Waals surface area contributed by atoms with E-state index < -0.39 is 13.8 Å². The first-order valence-corrected chi connectivity index (χ1v) is 14.7. The molecule has 0 radical (unpaired) electrons. The number of rotatable bonds is 22. The van der Waals surface area contributed by atoms with Gasteiger partial charge in [-0.1, -0.05) is 103 Å². The van der Waals surface area contributed by atoms with Crippen molar-refractivity contribution in [3.8, 4) is 0 Å². The normalized spacial score (nSPS) is 12.7. The van der Waals surface area contributed by atoms with Gasteiger partial charge in [0, 0.05) is 7.05 Å². The van der Waals surface area contributed by atoms with Crippen molar-refractivity contribution in [1.29, 1.82) is 5.41 Å². The number of hydrogen-bond acceptors (Lipinski definition) is 6. The zero-order valence-corrected chi connectivity index (χ0v) is 26.6. The zero-order chi connectivity index (χ0) is 24.1. The van der Waals surface area contributed by atoms with Crippen LogP contribution in [-0.4, -0.2) is 47.5 Å². The Balaban J connectivity index is -0.00000480. The van der Waals surface area contributed by atoms with Crippen LogP contribution in [0.4, 0.5) is 0 Å². The van der Waals surface area contributed by atoms with E-state index in [0.29, 0.717) is 0 Å². The minimum absolute atomic E-state index is 0. The summed E-state index contributed by atoms with van der Waals surface area (Å²) in [6, 6.07) is 0. The molecule has 11 heteroatoms. The van der Waals surface area contributed by atoms with Crippen LogP contribution in [0.15, 0.2) is 0 Å². The van der Waals surface area contributed by atoms with Gasteiger partial charge in [0.2, 0.25) is 0 Å². The molecule has 0 amide bonds. The van der Waals surface area contributed by atoms with E-state index in [4.69, 9.17) is 24.4 Å². The summed E-state index contributed by atoms with van der Waals surface area (Å²) in [5.41, 5.74) is 5.26. The summed E-state index contributed by atoms with van der Waals surface area (Å²) in [6.07, 6.45) is 20.4. The van der Waals surface area contributed by atoms with Gasteiger partial charge in [0.15, 0.2) is 16.4 Å². The molecule has 1 unspecified atom stereocenters. The second-order valence-corrected chi connectivity index (χ2v) is 11.3. The van der Waals surface area contributed by atoms with E-state index in [9.17, 15) is 9.36 Å². The van der Waals surface area contributed by atoms with Gasteiger partial charge >= 0.3 is 43.3 Å². The molecule has 192 valence electrons. The van der Waals surface area contributed by atoms with Crippen molar-refractivity contribution in [3.63, 3.8) is 0 Å². The summed E-state index contributed by atoms with van der Waals surface area (Å²) in [6.45, 7) is 2.21. The predicted molar refractivity (Wildman–Crippen MR) is 136 cm³/mol. The Morgan fingerprint density at radius 1 is 0.909 bits per heavy atom. The predicted octanol–water partition coefficient (Wildman–Crippen LogP) is 2.15. The number of unbranched alkanes of at least 4 members (excludes halogenated alkanes) is 15. The fourth-order valence-corrected chi connectivity index (χ4v) is 4.81. The third-order valence-corrected chi connectivity index (χ3v) is 8.18. The Kier molecular flexibility index (Phi) is 25.5. The van der Waals surface area contributed by atoms with E-state index in [-0.39, 0.29) is 60.6 Å². The number of carbonyl (C=O) groups is 1. The van der Waals surface area contributed by atoms with Crippen LogP contribution >= 0.6 is 7.82 Å². The van der Waals surface area contributed by atoms with Crippen LogP contribution in [-0.2, 0) is 22.6 Å². The fraction of sp³-hybridized carbons (Fsp3) is 0.909. The SMILES string of the molecule is CCCCCCCCCCCCCCCCCCOP(=O)(O[SiH3])OC(=O)CN(C)C(=N)N.[H-].[Na+]. The van der Waals surface area contributed by atoms with Crippen LogP contribution in [0.25, 0.3) is 0 Å². The van der Waals surface area contributed by atoms with Crippen LogP contribution in [0.5, 0.6) is 0 Å². The van der Waals surface area contributed by atoms with Crippen LogP contribution in [0, 0.1) is 5.41 Å². The molecular formula is C22H49N3NaO5PSi. The van der Waals surface area contributed by atoms with Gasteiger partial charge in [-0.25, -0.2) is 9.36 Å². The smallest absolute Gasteiger partial charge is 1.00 e. The minimum atomic E-state index is -3.86. The minimum Gasteiger partial charge on any atom is -1.00 e. The Morgan fingerprint density at radius 2 is 1.30 bits per heavy atom. The second kappa shape index (κ2) is 23.8. The number of nitrogens with one attached hydrogen (secondary N) is 1. The number of phosphoric acid groups is 1. The van der Waals surface area contributed by atoms with Crippen molar-refractivity contribution >= 4 is 30.2 Å². The Bertz CT molecular complexity index is 553. The van der Waals surface area contributed by atoms with Gasteiger partial charge in [-0.3, -0.25) is 9.93 Å². The average molecular weight is 518 g/mol. The summed E-state index contributed by atoms with van der Waals surface area (Å²) < 4.78 is 27.3. The first kappa shape index (κ1) is 35.3. The molecule has 33 heavy (non-hydrogen) atoms. The standard InChI is InChI=1S/C22H48N3O5PSi.Na.H/c1-3-4-5-6-7-8-9-10-11-12-13-14-15-16-17-18-19-28-31(27,30-32)29-21(26)20-25(2)22(23)24;;/h3-20H2,1-2,32H3,(H3,23,24);;/q;+1;-1. The summed E-state index contributed by atoms with van der Waals surface area (Å²) in [5.74, 6) is -1.08. The Morgan fingerprint density at radius 3 is 1.67 bits per heavy atom. The number of carbonyl (C=O) groups excluding carboxylic acids is 1. The van der Waals surface area contributed by atoms with Gasteiger partial charge in [0.1, 0.15) is 6.54 Å². The molecule has 0 aromatic rings. The van der Waals surface area contributed by atoms with Crippen molar-refractivity contribution in [2.45, 2.75) is 110 Å². The van der Waals surface area contributed by atoms with Gasteiger partial charge in [0.25, 0.3) is 0 Å². The Hall–Kier alpha value is 0.107. The fourth-order valence-electron chi connectivity index (χ4n) is 3.38. The van der Waals surface area contributed by atoms with Gasteiger partial charge < -0.3 is 20.8 Å². The molecule has 0 saturated heterocycles. The maximum atomic E-state index is 12.3. The molecule has 0 bridgehead atoms. The summed E-state index contributed by atoms with van der Waals surface area (Å²) in [4.78, 5) is 13.0. The summed E-state index contributed by atoms with van der Waals surface area (Å²) in [7, 11) is -2.27. The maximum absolute atomic E-state index is 12.3. The van der Waals surface area contributed by atoms with Crippen LogP contribution in [0.1, 0.15) is 111 Å². The van der Waals surface area contributed by atoms with E-state index in [1.54, 1.807) is 0 Å². The van der Waals surface area contributed by atoms with E-state index in [0.717, 1.165) is 19.3 Å². The molecular weight excluding hydrogens is 468 g/mol. The molecule has 0 aromatic heterocycles. The van der Waals surface area contributed by atoms with E-state index in [2.05, 4.69) is 6.92 Å². The van der Waals surface area contributed by atoms with E-state index in [1.165, 1.54) is 95.4 Å². The van der Waals surface area contributed by atoms with Crippen molar-refractivity contribution in [2.24, 2.45) is 5.73 Å². The Labute approximate surface area is 228 Å². The molecule has 1 atom stereocenters. The number of guanidine groups is 1. The van der Waals surface area contributed by atoms with Crippen LogP contribution in [0.2, 0.25) is 0 Å². The molecule has 0 rings (SSSR count). The van der Waals surface area contributed by atoms with Crippen LogP contribution < -0.4 is 35.3 Å². The second-order valence-electron chi connectivity index (χ2n) is 8.47. The molecule has 3 N–H and O–H groups in total. The van der Waals surface area contributed by atoms with Crippen molar-refractivity contribution in [3.05, 3.63) is 0 Å². The molecule has 0 saturated carbocycles. The van der Waals surface area contributed by atoms with E-state index in [1.807, 2.05) is 0 Å². The number of phosphoric ester groups is 1. The molecule has 0 spiro atoms. The first-order valence-electron chi connectivity index (χ1n) is 12.4. The molecule has 0 fully saturated rings. The maximum Gasteiger partial charge on any atom is 1.00 e. The third kappa shape index (κ3) is 22.3. The average Bonchev–Trinajstić information content (AvgIpc) is 2.75. The number of likely N-dealkylation sites (N-methyl/N-ethyl adjacent to an activating group) is 1. The third-order valence-electron chi connectivity index (χ3n) is 5.46. The topological polar surface area (TPSA) is 115 Å². The summed E-state index contributed by atoms with van der Waals surface area (Å²) in [5, 5.41) is 7.23. The van der Waals surface area contributed by atoms with Gasteiger partial charge in [-0.15, -0.1) is 0 Å². The molecule has 8 nitrogen and oxygen atoms in total. The van der Waals surface area contributed by atoms with Gasteiger partial charge in [-0.05, 0) is 6.42 Å².